The largest absolute Gasteiger partial charge is 0.307 e. The summed E-state index contributed by atoms with van der Waals surface area (Å²) in [5, 5.41) is 3.76. The van der Waals surface area contributed by atoms with Crippen LogP contribution in [0.15, 0.2) is 30.3 Å². The molecule has 3 heteroatoms. The number of benzene rings is 1. The molecule has 1 fully saturated rings. The average Bonchev–Trinajstić information content (AvgIpc) is 2.63. The topological polar surface area (TPSA) is 15.3 Å². The monoisotopic (exact) mass is 292 g/mol. The number of rotatable bonds is 5. The van der Waals surface area contributed by atoms with E-state index in [9.17, 15) is 0 Å². The van der Waals surface area contributed by atoms with Gasteiger partial charge in [0.2, 0.25) is 0 Å². The molecular weight excluding hydrogens is 264 g/mol. The lowest BCUT2D eigenvalue weighted by Crippen LogP contribution is -2.47. The first-order chi connectivity index (χ1) is 9.64. The molecule has 1 aromatic rings. The molecule has 1 aliphatic rings. The highest BCUT2D eigenvalue weighted by Gasteiger charge is 2.30. The molecule has 20 heavy (non-hydrogen) atoms. The van der Waals surface area contributed by atoms with Crippen LogP contribution in [-0.4, -0.2) is 43.1 Å². The molecule has 1 saturated heterocycles. The smallest absolute Gasteiger partial charge is 0.0534 e. The van der Waals surface area contributed by atoms with Crippen LogP contribution in [0, 0.1) is 5.92 Å². The minimum Gasteiger partial charge on any atom is -0.307 e. The maximum Gasteiger partial charge on any atom is 0.0534 e. The fourth-order valence-corrected chi connectivity index (χ4v) is 3.86. The van der Waals surface area contributed by atoms with Gasteiger partial charge in [0, 0.05) is 13.1 Å². The third-order valence-corrected chi connectivity index (χ3v) is 5.04. The highest BCUT2D eigenvalue weighted by molar-refractivity contribution is 7.98. The molecule has 1 N–H and O–H groups in total. The van der Waals surface area contributed by atoms with Gasteiger partial charge in [-0.05, 0) is 49.9 Å². The molecule has 2 nitrogen and oxygen atoms in total. The van der Waals surface area contributed by atoms with Gasteiger partial charge in [0.05, 0.1) is 5.54 Å². The summed E-state index contributed by atoms with van der Waals surface area (Å²) in [5.74, 6) is 2.02. The molecule has 2 atom stereocenters. The van der Waals surface area contributed by atoms with Crippen LogP contribution in [0.4, 0.5) is 0 Å². The lowest BCUT2D eigenvalue weighted by molar-refractivity contribution is 0.202. The molecule has 0 bridgehead atoms. The maximum atomic E-state index is 3.76. The molecule has 0 spiro atoms. The predicted molar refractivity (Wildman–Crippen MR) is 90.4 cm³/mol. The van der Waals surface area contributed by atoms with E-state index in [0.29, 0.717) is 0 Å². The van der Waals surface area contributed by atoms with Crippen molar-refractivity contribution in [3.8, 4) is 0 Å². The van der Waals surface area contributed by atoms with Gasteiger partial charge < -0.3 is 10.2 Å². The van der Waals surface area contributed by atoms with Crippen molar-refractivity contribution in [3.05, 3.63) is 35.9 Å². The van der Waals surface area contributed by atoms with Crippen LogP contribution in [-0.2, 0) is 5.54 Å². The second kappa shape index (κ2) is 7.48. The summed E-state index contributed by atoms with van der Waals surface area (Å²) < 4.78 is 0. The highest BCUT2D eigenvalue weighted by atomic mass is 32.2. The average molecular weight is 292 g/mol. The molecule has 0 amide bonds. The molecular formula is C17H28N2S. The van der Waals surface area contributed by atoms with E-state index >= 15 is 0 Å². The fourth-order valence-electron chi connectivity index (χ4n) is 3.18. The van der Waals surface area contributed by atoms with Crippen LogP contribution in [0.1, 0.15) is 25.8 Å². The van der Waals surface area contributed by atoms with Crippen molar-refractivity contribution in [2.75, 3.05) is 38.2 Å². The summed E-state index contributed by atoms with van der Waals surface area (Å²) in [5.41, 5.74) is 1.49. The molecule has 1 aliphatic heterocycles. The van der Waals surface area contributed by atoms with Gasteiger partial charge in [-0.15, -0.1) is 0 Å². The summed E-state index contributed by atoms with van der Waals surface area (Å²) >= 11 is 1.96. The summed E-state index contributed by atoms with van der Waals surface area (Å²) in [4.78, 5) is 2.65. The van der Waals surface area contributed by atoms with Gasteiger partial charge in [0.1, 0.15) is 0 Å². The van der Waals surface area contributed by atoms with Crippen LogP contribution in [0.3, 0.4) is 0 Å². The van der Waals surface area contributed by atoms with E-state index in [0.717, 1.165) is 19.0 Å². The molecule has 0 radical (unpaired) electrons. The van der Waals surface area contributed by atoms with Gasteiger partial charge in [-0.2, -0.15) is 11.8 Å². The normalized spacial score (nSPS) is 26.1. The third kappa shape index (κ3) is 4.24. The van der Waals surface area contributed by atoms with Crippen molar-refractivity contribution < 1.29 is 0 Å². The zero-order chi connectivity index (χ0) is 14.4. The first-order valence-corrected chi connectivity index (χ1v) is 9.05. The van der Waals surface area contributed by atoms with Crippen molar-refractivity contribution in [2.45, 2.75) is 25.8 Å². The van der Waals surface area contributed by atoms with Gasteiger partial charge in [-0.25, -0.2) is 0 Å². The Morgan fingerprint density at radius 2 is 2.10 bits per heavy atom. The summed E-state index contributed by atoms with van der Waals surface area (Å²) in [6.07, 6.45) is 3.45. The number of thioether (sulfide) groups is 1. The fraction of sp³-hybridized carbons (Fsp3) is 0.647. The third-order valence-electron chi connectivity index (χ3n) is 4.14. The number of nitrogens with zero attached hydrogens (tertiary/aromatic N) is 1. The zero-order valence-corrected chi connectivity index (χ0v) is 13.9. The SMILES string of the molecule is CSCC(C)CN1CCCNC(C)(c2ccccc2)C1. The number of hydrogen-bond acceptors (Lipinski definition) is 3. The predicted octanol–water partition coefficient (Wildman–Crippen LogP) is 3.20. The molecule has 2 rings (SSSR count). The lowest BCUT2D eigenvalue weighted by atomic mass is 9.91. The molecule has 0 aromatic heterocycles. The quantitative estimate of drug-likeness (QED) is 0.897. The Morgan fingerprint density at radius 1 is 1.35 bits per heavy atom. The van der Waals surface area contributed by atoms with E-state index in [4.69, 9.17) is 0 Å². The summed E-state index contributed by atoms with van der Waals surface area (Å²) in [7, 11) is 0. The highest BCUT2D eigenvalue weighted by Crippen LogP contribution is 2.24. The standard InChI is InChI=1S/C17H28N2S/c1-15(13-20-3)12-19-11-7-10-18-17(2,14-19)16-8-5-4-6-9-16/h4-6,8-9,15,18H,7,10-14H2,1-3H3. The van der Waals surface area contributed by atoms with Gasteiger partial charge >= 0.3 is 0 Å². The Hall–Kier alpha value is -0.510. The second-order valence-corrected chi connectivity index (χ2v) is 7.18. The second-order valence-electron chi connectivity index (χ2n) is 6.27. The molecule has 1 heterocycles. The lowest BCUT2D eigenvalue weighted by Gasteiger charge is -2.35. The molecule has 1 aromatic carbocycles. The summed E-state index contributed by atoms with van der Waals surface area (Å²) in [6, 6.07) is 10.9. The van der Waals surface area contributed by atoms with Crippen molar-refractivity contribution in [1.82, 2.24) is 10.2 Å². The molecule has 0 saturated carbocycles. The maximum absolute atomic E-state index is 3.76. The van der Waals surface area contributed by atoms with E-state index in [1.54, 1.807) is 0 Å². The van der Waals surface area contributed by atoms with Gasteiger partial charge in [-0.3, -0.25) is 0 Å². The Balaban J connectivity index is 2.06. The van der Waals surface area contributed by atoms with Gasteiger partial charge in [-0.1, -0.05) is 37.3 Å². The van der Waals surface area contributed by atoms with E-state index in [2.05, 4.69) is 60.7 Å². The minimum atomic E-state index is 0.0802. The van der Waals surface area contributed by atoms with Crippen molar-refractivity contribution in [3.63, 3.8) is 0 Å². The zero-order valence-electron chi connectivity index (χ0n) is 13.1. The number of hydrogen-bond donors (Lipinski definition) is 1. The van der Waals surface area contributed by atoms with Crippen molar-refractivity contribution in [2.24, 2.45) is 5.92 Å². The first kappa shape index (κ1) is 15.9. The number of nitrogens with one attached hydrogen (secondary N) is 1. The van der Waals surface area contributed by atoms with E-state index in [1.807, 2.05) is 11.8 Å². The van der Waals surface area contributed by atoms with Gasteiger partial charge in [0.25, 0.3) is 0 Å². The Labute approximate surface area is 128 Å². The molecule has 112 valence electrons. The van der Waals surface area contributed by atoms with E-state index in [1.165, 1.54) is 30.8 Å². The van der Waals surface area contributed by atoms with E-state index in [-0.39, 0.29) is 5.54 Å². The van der Waals surface area contributed by atoms with Crippen molar-refractivity contribution in [1.29, 1.82) is 0 Å². The summed E-state index contributed by atoms with van der Waals surface area (Å²) in [6.45, 7) is 9.36. The Bertz CT molecular complexity index is 395. The Morgan fingerprint density at radius 3 is 2.80 bits per heavy atom. The van der Waals surface area contributed by atoms with Gasteiger partial charge in [0.15, 0.2) is 0 Å². The molecule has 2 unspecified atom stereocenters. The Kier molecular flexibility index (Phi) is 5.94. The molecule has 0 aliphatic carbocycles. The van der Waals surface area contributed by atoms with Crippen LogP contribution in [0.5, 0.6) is 0 Å². The van der Waals surface area contributed by atoms with Crippen LogP contribution in [0.2, 0.25) is 0 Å². The van der Waals surface area contributed by atoms with Crippen LogP contribution < -0.4 is 5.32 Å². The van der Waals surface area contributed by atoms with E-state index < -0.39 is 0 Å². The van der Waals surface area contributed by atoms with Crippen molar-refractivity contribution >= 4 is 11.8 Å². The minimum absolute atomic E-state index is 0.0802. The van der Waals surface area contributed by atoms with Crippen LogP contribution in [0.25, 0.3) is 0 Å². The van der Waals surface area contributed by atoms with Crippen LogP contribution >= 0.6 is 11.8 Å². The first-order valence-electron chi connectivity index (χ1n) is 7.66.